The maximum Gasteiger partial charge on any atom is 0.308 e. The second-order valence-electron chi connectivity index (χ2n) is 8.87. The smallest absolute Gasteiger partial charge is 0.308 e. The minimum Gasteiger partial charge on any atom is -0.457 e. The zero-order chi connectivity index (χ0) is 26.4. The summed E-state index contributed by atoms with van der Waals surface area (Å²) in [5, 5.41) is 10.4. The van der Waals surface area contributed by atoms with E-state index < -0.39 is 0 Å². The van der Waals surface area contributed by atoms with Crippen LogP contribution in [-0.4, -0.2) is 33.8 Å². The Morgan fingerprint density at radius 2 is 1.76 bits per heavy atom. The fraction of sp³-hybridized carbons (Fsp3) is 0.241. The third-order valence-corrected chi connectivity index (χ3v) is 6.21. The van der Waals surface area contributed by atoms with E-state index in [2.05, 4.69) is 12.2 Å². The Kier molecular flexibility index (Phi) is 7.98. The van der Waals surface area contributed by atoms with E-state index >= 15 is 0 Å². The number of imidazole rings is 1. The Morgan fingerprint density at radius 3 is 2.43 bits per heavy atom. The second kappa shape index (κ2) is 11.5. The fourth-order valence-corrected chi connectivity index (χ4v) is 4.22. The van der Waals surface area contributed by atoms with Crippen molar-refractivity contribution in [1.82, 2.24) is 14.9 Å². The van der Waals surface area contributed by atoms with Crippen LogP contribution in [0, 0.1) is 5.41 Å². The molecule has 0 aliphatic heterocycles. The number of amidine groups is 1. The average Bonchev–Trinajstić information content (AvgIpc) is 3.24. The summed E-state index contributed by atoms with van der Waals surface area (Å²) >= 11 is 0. The van der Waals surface area contributed by atoms with Gasteiger partial charge in [-0.25, -0.2) is 4.98 Å². The Morgan fingerprint density at radius 1 is 1.05 bits per heavy atom. The molecule has 8 nitrogen and oxygen atoms in total. The van der Waals surface area contributed by atoms with Crippen molar-refractivity contribution in [3.8, 4) is 11.4 Å². The number of nitrogens with two attached hydrogens (primary N) is 1. The quantitative estimate of drug-likeness (QED) is 0.166. The molecule has 1 amide bonds. The molecule has 0 aliphatic carbocycles. The lowest BCUT2D eigenvalue weighted by Gasteiger charge is -2.17. The van der Waals surface area contributed by atoms with Gasteiger partial charge in [0, 0.05) is 30.3 Å². The van der Waals surface area contributed by atoms with Gasteiger partial charge in [0.05, 0.1) is 17.5 Å². The van der Waals surface area contributed by atoms with Crippen LogP contribution in [0.4, 0.5) is 0 Å². The molecule has 0 bridgehead atoms. The Bertz CT molecular complexity index is 1410. The van der Waals surface area contributed by atoms with Gasteiger partial charge in [-0.05, 0) is 30.2 Å². The molecule has 37 heavy (non-hydrogen) atoms. The fourth-order valence-electron chi connectivity index (χ4n) is 4.22. The molecule has 0 radical (unpaired) electrons. The van der Waals surface area contributed by atoms with Gasteiger partial charge in [0.2, 0.25) is 0 Å². The molecule has 190 valence electrons. The highest BCUT2D eigenvalue weighted by Gasteiger charge is 2.17. The van der Waals surface area contributed by atoms with Crippen LogP contribution in [0.3, 0.4) is 0 Å². The molecule has 0 spiro atoms. The van der Waals surface area contributed by atoms with Gasteiger partial charge in [0.25, 0.3) is 5.91 Å². The first kappa shape index (κ1) is 25.6. The van der Waals surface area contributed by atoms with Crippen molar-refractivity contribution in [2.75, 3.05) is 6.54 Å². The molecule has 8 heteroatoms. The minimum atomic E-state index is -0.344. The minimum absolute atomic E-state index is 0.0115. The molecular formula is C29H31N5O3. The highest BCUT2D eigenvalue weighted by Crippen LogP contribution is 2.25. The number of carbonyl (C=O) groups excluding carboxylic acids is 2. The summed E-state index contributed by atoms with van der Waals surface area (Å²) < 4.78 is 7.63. The van der Waals surface area contributed by atoms with Crippen LogP contribution in [0.5, 0.6) is 0 Å². The number of nitrogen functional groups attached to an aromatic ring is 1. The summed E-state index contributed by atoms with van der Waals surface area (Å²) in [6.07, 6.45) is 1.44. The van der Waals surface area contributed by atoms with E-state index in [1.807, 2.05) is 60.1 Å². The van der Waals surface area contributed by atoms with Crippen molar-refractivity contribution in [3.05, 3.63) is 89.5 Å². The standard InChI is InChI=1S/C29H31N5O3/c1-3-7-25(19-8-5-4-6-9-19)37-26(35)16-17-32-29(36)22-14-15-24-23(18-22)33-28(34(24)2)21-12-10-20(11-13-21)27(30)31/h4-6,8-15,18,25H,3,7,16-17H2,1-2H3,(H3,30,31)(H,32,36). The van der Waals surface area contributed by atoms with E-state index in [1.54, 1.807) is 24.3 Å². The Balaban J connectivity index is 1.38. The second-order valence-corrected chi connectivity index (χ2v) is 8.87. The molecule has 4 rings (SSSR count). The molecule has 0 saturated carbocycles. The van der Waals surface area contributed by atoms with E-state index in [4.69, 9.17) is 20.9 Å². The molecule has 1 atom stereocenters. The number of esters is 1. The van der Waals surface area contributed by atoms with Crippen molar-refractivity contribution in [2.45, 2.75) is 32.3 Å². The number of hydrogen-bond donors (Lipinski definition) is 3. The summed E-state index contributed by atoms with van der Waals surface area (Å²) in [7, 11) is 1.91. The number of nitrogens with zero attached hydrogens (tertiary/aromatic N) is 2. The maximum atomic E-state index is 12.7. The molecule has 1 unspecified atom stereocenters. The normalized spacial score (nSPS) is 11.7. The first-order chi connectivity index (χ1) is 17.9. The van der Waals surface area contributed by atoms with E-state index in [-0.39, 0.29) is 36.8 Å². The zero-order valence-corrected chi connectivity index (χ0v) is 21.0. The molecule has 0 saturated heterocycles. The molecule has 3 aromatic carbocycles. The van der Waals surface area contributed by atoms with Crippen molar-refractivity contribution in [3.63, 3.8) is 0 Å². The van der Waals surface area contributed by atoms with E-state index in [1.165, 1.54) is 0 Å². The monoisotopic (exact) mass is 497 g/mol. The van der Waals surface area contributed by atoms with Crippen molar-refractivity contribution >= 4 is 28.7 Å². The summed E-state index contributed by atoms with van der Waals surface area (Å²) in [5.41, 5.74) is 10.1. The number of ether oxygens (including phenoxy) is 1. The van der Waals surface area contributed by atoms with Crippen molar-refractivity contribution in [2.24, 2.45) is 12.8 Å². The number of nitrogens with one attached hydrogen (secondary N) is 2. The number of aromatic nitrogens is 2. The number of hydrogen-bond acceptors (Lipinski definition) is 5. The van der Waals surface area contributed by atoms with Crippen LogP contribution in [0.1, 0.15) is 53.8 Å². The third kappa shape index (κ3) is 6.03. The number of benzene rings is 3. The van der Waals surface area contributed by atoms with Crippen molar-refractivity contribution < 1.29 is 14.3 Å². The van der Waals surface area contributed by atoms with Crippen LogP contribution >= 0.6 is 0 Å². The molecule has 0 fully saturated rings. The van der Waals surface area contributed by atoms with Gasteiger partial charge in [-0.15, -0.1) is 0 Å². The third-order valence-electron chi connectivity index (χ3n) is 6.21. The highest BCUT2D eigenvalue weighted by molar-refractivity contribution is 5.98. The predicted octanol–water partition coefficient (Wildman–Crippen LogP) is 4.73. The number of amides is 1. The van der Waals surface area contributed by atoms with E-state index in [0.29, 0.717) is 16.6 Å². The summed E-state index contributed by atoms with van der Waals surface area (Å²) in [5.74, 6) is 0.131. The van der Waals surface area contributed by atoms with E-state index in [9.17, 15) is 9.59 Å². The summed E-state index contributed by atoms with van der Waals surface area (Å²) in [6.45, 7) is 2.23. The lowest BCUT2D eigenvalue weighted by molar-refractivity contribution is -0.149. The molecule has 1 aromatic heterocycles. The van der Waals surface area contributed by atoms with Crippen LogP contribution < -0.4 is 11.1 Å². The lowest BCUT2D eigenvalue weighted by atomic mass is 10.1. The van der Waals surface area contributed by atoms with Crippen LogP contribution in [0.15, 0.2) is 72.8 Å². The molecule has 1 heterocycles. The van der Waals surface area contributed by atoms with Gasteiger partial charge in [0.15, 0.2) is 0 Å². The van der Waals surface area contributed by atoms with E-state index in [0.717, 1.165) is 35.3 Å². The van der Waals surface area contributed by atoms with Gasteiger partial charge in [-0.3, -0.25) is 15.0 Å². The predicted molar refractivity (Wildman–Crippen MR) is 144 cm³/mol. The average molecular weight is 498 g/mol. The first-order valence-corrected chi connectivity index (χ1v) is 12.3. The number of carbonyl (C=O) groups is 2. The van der Waals surface area contributed by atoms with Gasteiger partial charge < -0.3 is 20.4 Å². The summed E-state index contributed by atoms with van der Waals surface area (Å²) in [4.78, 5) is 29.9. The lowest BCUT2D eigenvalue weighted by Crippen LogP contribution is -2.27. The van der Waals surface area contributed by atoms with Gasteiger partial charge in [-0.1, -0.05) is 67.9 Å². The number of aryl methyl sites for hydroxylation is 1. The van der Waals surface area contributed by atoms with Crippen LogP contribution in [-0.2, 0) is 16.6 Å². The van der Waals surface area contributed by atoms with Gasteiger partial charge in [0.1, 0.15) is 17.8 Å². The van der Waals surface area contributed by atoms with Crippen molar-refractivity contribution in [1.29, 1.82) is 5.41 Å². The Hall–Kier alpha value is -4.46. The van der Waals surface area contributed by atoms with Gasteiger partial charge in [-0.2, -0.15) is 0 Å². The summed E-state index contributed by atoms with van der Waals surface area (Å²) in [6, 6.07) is 22.3. The Labute approximate surface area is 216 Å². The van der Waals surface area contributed by atoms with Crippen LogP contribution in [0.2, 0.25) is 0 Å². The molecule has 0 aliphatic rings. The zero-order valence-electron chi connectivity index (χ0n) is 21.0. The number of rotatable bonds is 10. The largest absolute Gasteiger partial charge is 0.457 e. The first-order valence-electron chi connectivity index (χ1n) is 12.3. The van der Waals surface area contributed by atoms with Crippen LogP contribution in [0.25, 0.3) is 22.4 Å². The molecule has 4 N–H and O–H groups in total. The molecule has 4 aromatic rings. The molecular weight excluding hydrogens is 466 g/mol. The number of fused-ring (bicyclic) bond motifs is 1. The highest BCUT2D eigenvalue weighted by atomic mass is 16.5. The SMILES string of the molecule is CCCC(OC(=O)CCNC(=O)c1ccc2c(c1)nc(-c1ccc(C(=N)N)cc1)n2C)c1ccccc1. The van der Waals surface area contributed by atoms with Gasteiger partial charge >= 0.3 is 5.97 Å². The maximum absolute atomic E-state index is 12.7. The topological polar surface area (TPSA) is 123 Å².